The molecule has 0 aliphatic heterocycles. The van der Waals surface area contributed by atoms with E-state index in [1.807, 2.05) is 20.8 Å². The Morgan fingerprint density at radius 2 is 1.80 bits per heavy atom. The van der Waals surface area contributed by atoms with Crippen LogP contribution < -0.4 is 4.74 Å². The van der Waals surface area contributed by atoms with E-state index < -0.39 is 0 Å². The molecule has 0 radical (unpaired) electrons. The minimum Gasteiger partial charge on any atom is -0.485 e. The molecule has 0 N–H and O–H groups in total. The van der Waals surface area contributed by atoms with Gasteiger partial charge in [0.1, 0.15) is 17.5 Å². The van der Waals surface area contributed by atoms with Crippen molar-refractivity contribution in [3.05, 3.63) is 51.6 Å². The number of aromatic nitrogens is 2. The zero-order valence-corrected chi connectivity index (χ0v) is 12.3. The van der Waals surface area contributed by atoms with Gasteiger partial charge in [0.15, 0.2) is 5.82 Å². The molecule has 2 aromatic rings. The molecule has 0 amide bonds. The van der Waals surface area contributed by atoms with Crippen LogP contribution in [0, 0.1) is 32.1 Å². The van der Waals surface area contributed by atoms with Gasteiger partial charge in [0.05, 0.1) is 11.6 Å². The molecule has 1 aromatic heterocycles. The molecule has 1 aromatic carbocycles. The number of hydrogen-bond donors (Lipinski definition) is 0. The van der Waals surface area contributed by atoms with E-state index >= 15 is 0 Å². The van der Waals surface area contributed by atoms with E-state index in [9.17, 15) is 0 Å². The summed E-state index contributed by atoms with van der Waals surface area (Å²) in [5.74, 6) is 1.29. The molecule has 0 bridgehead atoms. The maximum atomic E-state index is 8.92. The fraction of sp³-hybridized carbons (Fsp3) is 0.267. The molecule has 0 unspecified atom stereocenters. The summed E-state index contributed by atoms with van der Waals surface area (Å²) in [4.78, 5) is 8.39. The molecule has 0 spiro atoms. The maximum Gasteiger partial charge on any atom is 0.167 e. The SMILES string of the molecule is Cc1cc(Cl)nc(COc2c(C)cc(C#N)cc2C)n1. The number of ether oxygens (including phenoxy) is 1. The zero-order chi connectivity index (χ0) is 14.7. The molecule has 1 heterocycles. The molecule has 5 heteroatoms. The van der Waals surface area contributed by atoms with Crippen LogP contribution in [0.3, 0.4) is 0 Å². The fourth-order valence-electron chi connectivity index (χ4n) is 2.03. The van der Waals surface area contributed by atoms with Crippen molar-refractivity contribution in [1.82, 2.24) is 9.97 Å². The summed E-state index contributed by atoms with van der Waals surface area (Å²) in [6.07, 6.45) is 0. The van der Waals surface area contributed by atoms with E-state index in [1.165, 1.54) is 0 Å². The normalized spacial score (nSPS) is 10.2. The highest BCUT2D eigenvalue weighted by atomic mass is 35.5. The number of rotatable bonds is 3. The molecular formula is C15H14ClN3O. The van der Waals surface area contributed by atoms with Crippen molar-refractivity contribution in [3.8, 4) is 11.8 Å². The molecule has 0 aliphatic rings. The summed E-state index contributed by atoms with van der Waals surface area (Å²) in [5.41, 5.74) is 3.26. The summed E-state index contributed by atoms with van der Waals surface area (Å²) in [7, 11) is 0. The van der Waals surface area contributed by atoms with E-state index in [0.29, 0.717) is 16.5 Å². The van der Waals surface area contributed by atoms with E-state index in [1.54, 1.807) is 18.2 Å². The number of nitrogens with zero attached hydrogens (tertiary/aromatic N) is 3. The van der Waals surface area contributed by atoms with Crippen LogP contribution in [-0.4, -0.2) is 9.97 Å². The van der Waals surface area contributed by atoms with Gasteiger partial charge in [-0.3, -0.25) is 0 Å². The second kappa shape index (κ2) is 5.89. The average Bonchev–Trinajstić information content (AvgIpc) is 2.36. The lowest BCUT2D eigenvalue weighted by Crippen LogP contribution is -2.05. The predicted molar refractivity (Wildman–Crippen MR) is 76.7 cm³/mol. The van der Waals surface area contributed by atoms with Gasteiger partial charge in [-0.1, -0.05) is 11.6 Å². The minimum absolute atomic E-state index is 0.245. The molecule has 0 fully saturated rings. The van der Waals surface area contributed by atoms with E-state index in [2.05, 4.69) is 16.0 Å². The highest BCUT2D eigenvalue weighted by Crippen LogP contribution is 2.25. The minimum atomic E-state index is 0.245. The van der Waals surface area contributed by atoms with Gasteiger partial charge in [0.2, 0.25) is 0 Å². The van der Waals surface area contributed by atoms with Gasteiger partial charge >= 0.3 is 0 Å². The number of halogens is 1. The third-order valence-electron chi connectivity index (χ3n) is 2.80. The summed E-state index contributed by atoms with van der Waals surface area (Å²) in [6, 6.07) is 7.42. The zero-order valence-electron chi connectivity index (χ0n) is 11.6. The van der Waals surface area contributed by atoms with Crippen molar-refractivity contribution in [2.24, 2.45) is 0 Å². The lowest BCUT2D eigenvalue weighted by atomic mass is 10.1. The molecule has 0 aliphatic carbocycles. The van der Waals surface area contributed by atoms with Crippen molar-refractivity contribution in [2.75, 3.05) is 0 Å². The van der Waals surface area contributed by atoms with Crippen LogP contribution in [0.15, 0.2) is 18.2 Å². The van der Waals surface area contributed by atoms with Gasteiger partial charge in [0.25, 0.3) is 0 Å². The first-order valence-corrected chi connectivity index (χ1v) is 6.51. The summed E-state index contributed by atoms with van der Waals surface area (Å²) in [6.45, 7) is 5.92. The van der Waals surface area contributed by atoms with Crippen LogP contribution in [0.1, 0.15) is 28.2 Å². The smallest absolute Gasteiger partial charge is 0.167 e. The Balaban J connectivity index is 2.21. The topological polar surface area (TPSA) is 58.8 Å². The first-order chi connectivity index (χ1) is 9.49. The third-order valence-corrected chi connectivity index (χ3v) is 3.00. The molecule has 20 heavy (non-hydrogen) atoms. The Morgan fingerprint density at radius 1 is 1.15 bits per heavy atom. The highest BCUT2D eigenvalue weighted by Gasteiger charge is 2.08. The Morgan fingerprint density at radius 3 is 2.35 bits per heavy atom. The van der Waals surface area contributed by atoms with Gasteiger partial charge < -0.3 is 4.74 Å². The number of nitriles is 1. The lowest BCUT2D eigenvalue weighted by Gasteiger charge is -2.12. The number of aryl methyl sites for hydroxylation is 3. The Hall–Kier alpha value is -2.12. The molecule has 102 valence electrons. The Labute approximate surface area is 123 Å². The van der Waals surface area contributed by atoms with Gasteiger partial charge in [-0.25, -0.2) is 9.97 Å². The second-order valence-electron chi connectivity index (χ2n) is 4.59. The summed E-state index contributed by atoms with van der Waals surface area (Å²) in [5, 5.41) is 9.33. The second-order valence-corrected chi connectivity index (χ2v) is 4.98. The number of benzene rings is 1. The quantitative estimate of drug-likeness (QED) is 0.811. The van der Waals surface area contributed by atoms with Crippen molar-refractivity contribution < 1.29 is 4.74 Å². The molecule has 0 saturated carbocycles. The lowest BCUT2D eigenvalue weighted by molar-refractivity contribution is 0.291. The molecule has 2 rings (SSSR count). The largest absolute Gasteiger partial charge is 0.485 e. The van der Waals surface area contributed by atoms with Gasteiger partial charge in [-0.15, -0.1) is 0 Å². The van der Waals surface area contributed by atoms with Crippen molar-refractivity contribution in [2.45, 2.75) is 27.4 Å². The molecule has 0 atom stereocenters. The maximum absolute atomic E-state index is 8.92. The van der Waals surface area contributed by atoms with Gasteiger partial charge in [-0.05, 0) is 50.1 Å². The van der Waals surface area contributed by atoms with Crippen molar-refractivity contribution in [1.29, 1.82) is 5.26 Å². The summed E-state index contributed by atoms with van der Waals surface area (Å²) < 4.78 is 5.77. The van der Waals surface area contributed by atoms with Crippen LogP contribution in [0.25, 0.3) is 0 Å². The first kappa shape index (κ1) is 14.3. The Kier molecular flexibility index (Phi) is 4.21. The first-order valence-electron chi connectivity index (χ1n) is 6.14. The van der Waals surface area contributed by atoms with Crippen LogP contribution >= 0.6 is 11.6 Å². The van der Waals surface area contributed by atoms with Crippen LogP contribution in [0.5, 0.6) is 5.75 Å². The molecular weight excluding hydrogens is 274 g/mol. The number of hydrogen-bond acceptors (Lipinski definition) is 4. The Bertz CT molecular complexity index is 649. The predicted octanol–water partition coefficient (Wildman–Crippen LogP) is 3.51. The van der Waals surface area contributed by atoms with E-state index in [-0.39, 0.29) is 6.61 Å². The van der Waals surface area contributed by atoms with E-state index in [4.69, 9.17) is 21.6 Å². The van der Waals surface area contributed by atoms with Gasteiger partial charge in [-0.2, -0.15) is 5.26 Å². The average molecular weight is 288 g/mol. The fourth-order valence-corrected chi connectivity index (χ4v) is 2.29. The van der Waals surface area contributed by atoms with Crippen LogP contribution in [0.2, 0.25) is 5.15 Å². The molecule has 0 saturated heterocycles. The monoisotopic (exact) mass is 287 g/mol. The summed E-state index contributed by atoms with van der Waals surface area (Å²) >= 11 is 5.89. The molecule has 4 nitrogen and oxygen atoms in total. The van der Waals surface area contributed by atoms with Crippen molar-refractivity contribution >= 4 is 11.6 Å². The van der Waals surface area contributed by atoms with Crippen molar-refractivity contribution in [3.63, 3.8) is 0 Å². The van der Waals surface area contributed by atoms with Crippen LogP contribution in [-0.2, 0) is 6.61 Å². The van der Waals surface area contributed by atoms with E-state index in [0.717, 1.165) is 22.6 Å². The highest BCUT2D eigenvalue weighted by molar-refractivity contribution is 6.29. The van der Waals surface area contributed by atoms with Gasteiger partial charge in [0, 0.05) is 5.69 Å². The standard InChI is InChI=1S/C15H14ClN3O/c1-9-4-12(7-17)5-10(2)15(9)20-8-14-18-11(3)6-13(16)19-14/h4-6H,8H2,1-3H3. The third kappa shape index (κ3) is 3.25. The van der Waals surface area contributed by atoms with Crippen LogP contribution in [0.4, 0.5) is 0 Å².